The largest absolute Gasteiger partial charge is 0.444 e. The Labute approximate surface area is 241 Å². The van der Waals surface area contributed by atoms with Crippen molar-refractivity contribution in [3.8, 4) is 10.6 Å². The number of nitro groups is 1. The van der Waals surface area contributed by atoms with Gasteiger partial charge in [-0.2, -0.15) is 17.6 Å². The Balaban J connectivity index is 2.14. The lowest BCUT2D eigenvalue weighted by Gasteiger charge is -2.33. The van der Waals surface area contributed by atoms with Crippen molar-refractivity contribution in [2.75, 3.05) is 4.90 Å². The summed E-state index contributed by atoms with van der Waals surface area (Å²) in [5, 5.41) is 21.2. The first kappa shape index (κ1) is 32.2. The molecule has 0 spiro atoms. The van der Waals surface area contributed by atoms with Crippen LogP contribution in [0, 0.1) is 15.9 Å². The fraction of sp³-hybridized carbons (Fsp3) is 0.385. The van der Waals surface area contributed by atoms with E-state index in [1.807, 2.05) is 0 Å². The number of anilines is 1. The van der Waals surface area contributed by atoms with Gasteiger partial charge in [-0.25, -0.2) is 14.5 Å². The lowest BCUT2D eigenvalue weighted by molar-refractivity contribution is -0.387. The van der Waals surface area contributed by atoms with Crippen molar-refractivity contribution < 1.29 is 41.5 Å². The zero-order valence-corrected chi connectivity index (χ0v) is 24.1. The van der Waals surface area contributed by atoms with Gasteiger partial charge in [-0.15, -0.1) is 10.2 Å². The number of aromatic nitrogens is 2. The van der Waals surface area contributed by atoms with E-state index in [0.717, 1.165) is 52.6 Å². The number of amides is 2. The Bertz CT molecular complexity index is 1470. The molecule has 0 aliphatic carbocycles. The van der Waals surface area contributed by atoms with Crippen LogP contribution in [0.25, 0.3) is 10.6 Å². The number of carbonyl (C=O) groups excluding carboxylic acids is 2. The van der Waals surface area contributed by atoms with E-state index in [2.05, 4.69) is 15.5 Å². The van der Waals surface area contributed by atoms with Crippen LogP contribution in [0.2, 0.25) is 0 Å². The van der Waals surface area contributed by atoms with E-state index in [9.17, 15) is 37.3 Å². The molecular weight excluding hydrogens is 586 g/mol. The van der Waals surface area contributed by atoms with Crippen molar-refractivity contribution in [2.24, 2.45) is 0 Å². The first-order valence-electron chi connectivity index (χ1n) is 12.2. The molecule has 226 valence electrons. The fourth-order valence-corrected chi connectivity index (χ4v) is 4.25. The summed E-state index contributed by atoms with van der Waals surface area (Å²) >= 11 is 0.736. The lowest BCUT2D eigenvalue weighted by atomic mass is 10.1. The molecule has 11 nitrogen and oxygen atoms in total. The van der Waals surface area contributed by atoms with Crippen LogP contribution >= 0.6 is 11.3 Å². The van der Waals surface area contributed by atoms with Gasteiger partial charge >= 0.3 is 24.1 Å². The maximum Gasteiger partial charge on any atom is 0.418 e. The molecule has 42 heavy (non-hydrogen) atoms. The third kappa shape index (κ3) is 8.34. The van der Waals surface area contributed by atoms with Gasteiger partial charge in [0, 0.05) is 11.6 Å². The van der Waals surface area contributed by atoms with Crippen molar-refractivity contribution in [3.63, 3.8) is 0 Å². The molecule has 0 fully saturated rings. The summed E-state index contributed by atoms with van der Waals surface area (Å²) in [6.07, 6.45) is -8.22. The van der Waals surface area contributed by atoms with Crippen molar-refractivity contribution in [3.05, 3.63) is 69.5 Å². The van der Waals surface area contributed by atoms with E-state index >= 15 is 0 Å². The van der Waals surface area contributed by atoms with Gasteiger partial charge in [0.15, 0.2) is 0 Å². The standard InChI is InChI=1S/C26H27F4N5O6S/c1-24(2,3)40-22(36)31-19(14-7-10-16(11-8-14)26(28,29)30)34(23(37)41-25(4,5)6)21-33-32-20(42-21)15-9-12-18(35(38)39)17(27)13-15/h7-13,19H,1-6H3,(H,31,36)/t19-/m1/s1. The second kappa shape index (κ2) is 11.9. The summed E-state index contributed by atoms with van der Waals surface area (Å²) in [5.41, 5.74) is -3.63. The lowest BCUT2D eigenvalue weighted by Crippen LogP contribution is -2.48. The molecule has 0 aliphatic rings. The zero-order valence-electron chi connectivity index (χ0n) is 23.3. The highest BCUT2D eigenvalue weighted by atomic mass is 32.1. The predicted octanol–water partition coefficient (Wildman–Crippen LogP) is 7.24. The van der Waals surface area contributed by atoms with Gasteiger partial charge in [0.1, 0.15) is 22.4 Å². The van der Waals surface area contributed by atoms with Crippen LogP contribution in [0.3, 0.4) is 0 Å². The topological polar surface area (TPSA) is 137 Å². The minimum absolute atomic E-state index is 0.0258. The monoisotopic (exact) mass is 613 g/mol. The van der Waals surface area contributed by atoms with E-state index < -0.39 is 57.7 Å². The number of nitro benzene ring substituents is 1. The molecule has 16 heteroatoms. The van der Waals surface area contributed by atoms with Crippen LogP contribution in [-0.4, -0.2) is 38.5 Å². The average molecular weight is 614 g/mol. The minimum atomic E-state index is -4.65. The molecule has 2 amide bonds. The Morgan fingerprint density at radius 1 is 0.976 bits per heavy atom. The minimum Gasteiger partial charge on any atom is -0.444 e. The number of nitrogens with one attached hydrogen (secondary N) is 1. The van der Waals surface area contributed by atoms with E-state index in [0.29, 0.717) is 0 Å². The summed E-state index contributed by atoms with van der Waals surface area (Å²) in [4.78, 5) is 37.3. The van der Waals surface area contributed by atoms with Gasteiger partial charge in [0.05, 0.1) is 10.5 Å². The van der Waals surface area contributed by atoms with Gasteiger partial charge in [-0.05, 0) is 71.4 Å². The maximum atomic E-state index is 14.3. The quantitative estimate of drug-likeness (QED) is 0.133. The highest BCUT2D eigenvalue weighted by Crippen LogP contribution is 2.36. The number of hydrogen-bond donors (Lipinski definition) is 1. The van der Waals surface area contributed by atoms with Crippen molar-refractivity contribution in [1.82, 2.24) is 15.5 Å². The number of alkyl halides is 3. The molecule has 0 saturated carbocycles. The van der Waals surface area contributed by atoms with Crippen LogP contribution in [0.15, 0.2) is 42.5 Å². The van der Waals surface area contributed by atoms with Crippen LogP contribution in [0.1, 0.15) is 58.8 Å². The summed E-state index contributed by atoms with van der Waals surface area (Å²) < 4.78 is 64.9. The number of nitrogens with zero attached hydrogens (tertiary/aromatic N) is 4. The molecular formula is C26H27F4N5O6S. The molecule has 0 aliphatic heterocycles. The molecule has 0 saturated heterocycles. The van der Waals surface area contributed by atoms with Crippen LogP contribution in [0.5, 0.6) is 0 Å². The first-order valence-corrected chi connectivity index (χ1v) is 13.0. The summed E-state index contributed by atoms with van der Waals surface area (Å²) in [5.74, 6) is -1.13. The molecule has 0 unspecified atom stereocenters. The van der Waals surface area contributed by atoms with Gasteiger partial charge in [0.2, 0.25) is 10.9 Å². The number of alkyl carbamates (subject to hydrolysis) is 1. The number of carbonyl (C=O) groups is 2. The van der Waals surface area contributed by atoms with Crippen molar-refractivity contribution in [1.29, 1.82) is 0 Å². The highest BCUT2D eigenvalue weighted by Gasteiger charge is 2.37. The molecule has 0 bridgehead atoms. The van der Waals surface area contributed by atoms with E-state index in [1.165, 1.54) is 6.07 Å². The van der Waals surface area contributed by atoms with Gasteiger partial charge in [-0.1, -0.05) is 23.5 Å². The predicted molar refractivity (Wildman–Crippen MR) is 144 cm³/mol. The molecule has 1 aromatic heterocycles. The van der Waals surface area contributed by atoms with E-state index in [1.54, 1.807) is 41.5 Å². The third-order valence-corrected chi connectivity index (χ3v) is 6.04. The Morgan fingerprint density at radius 2 is 1.57 bits per heavy atom. The van der Waals surface area contributed by atoms with Gasteiger partial charge in [-0.3, -0.25) is 15.4 Å². The van der Waals surface area contributed by atoms with Gasteiger partial charge < -0.3 is 9.47 Å². The molecule has 1 N–H and O–H groups in total. The number of hydrogen-bond acceptors (Lipinski definition) is 9. The first-order chi connectivity index (χ1) is 19.2. The normalized spacial score (nSPS) is 12.8. The SMILES string of the molecule is CC(C)(C)OC(=O)N[C@@H](c1ccc(C(F)(F)F)cc1)N(C(=O)OC(C)(C)C)c1nnc(-c2ccc([N+](=O)[O-])c(F)c2)s1. The highest BCUT2D eigenvalue weighted by molar-refractivity contribution is 7.18. The number of rotatable bonds is 6. The Kier molecular flexibility index (Phi) is 9.10. The number of benzene rings is 2. The van der Waals surface area contributed by atoms with Crippen molar-refractivity contribution in [2.45, 2.75) is 65.1 Å². The number of ether oxygens (including phenoxy) is 2. The molecule has 0 radical (unpaired) electrons. The Hall–Kier alpha value is -4.34. The summed E-state index contributed by atoms with van der Waals surface area (Å²) in [7, 11) is 0. The molecule has 1 atom stereocenters. The second-order valence-corrected chi connectivity index (χ2v) is 11.8. The van der Waals surface area contributed by atoms with Crippen LogP contribution < -0.4 is 10.2 Å². The summed E-state index contributed by atoms with van der Waals surface area (Å²) in [6, 6.07) is 6.72. The van der Waals surface area contributed by atoms with Crippen molar-refractivity contribution >= 4 is 34.3 Å². The fourth-order valence-electron chi connectivity index (χ4n) is 3.39. The second-order valence-electron chi connectivity index (χ2n) is 10.8. The van der Waals surface area contributed by atoms with Crippen LogP contribution in [0.4, 0.5) is 38.0 Å². The number of halogens is 4. The molecule has 2 aromatic carbocycles. The maximum absolute atomic E-state index is 14.3. The summed E-state index contributed by atoms with van der Waals surface area (Å²) in [6.45, 7) is 9.48. The van der Waals surface area contributed by atoms with Crippen LogP contribution in [-0.2, 0) is 15.7 Å². The molecule has 3 rings (SSSR count). The average Bonchev–Trinajstić information content (AvgIpc) is 3.30. The molecule has 3 aromatic rings. The molecule has 1 heterocycles. The third-order valence-electron chi connectivity index (χ3n) is 5.07. The zero-order chi connectivity index (χ0) is 31.6. The Morgan fingerprint density at radius 3 is 2.07 bits per heavy atom. The van der Waals surface area contributed by atoms with Gasteiger partial charge in [0.25, 0.3) is 0 Å². The van der Waals surface area contributed by atoms with E-state index in [4.69, 9.17) is 9.47 Å². The smallest absolute Gasteiger partial charge is 0.418 e. The van der Waals surface area contributed by atoms with E-state index in [-0.39, 0.29) is 21.3 Å².